The fraction of sp³-hybridized carbons (Fsp3) is 0.188. The minimum atomic E-state index is 0.492. The summed E-state index contributed by atoms with van der Waals surface area (Å²) in [6, 6.07) is 13.8. The van der Waals surface area contributed by atoms with Crippen molar-refractivity contribution in [1.29, 1.82) is 5.41 Å². The SMILES string of the molecule is N=C(c1ccc2c(c1)CNCC2)c1ccccc1N. The van der Waals surface area contributed by atoms with Crippen LogP contribution in [0.25, 0.3) is 0 Å². The lowest BCUT2D eigenvalue weighted by Gasteiger charge is -2.18. The van der Waals surface area contributed by atoms with E-state index in [2.05, 4.69) is 17.4 Å². The number of para-hydroxylation sites is 1. The summed E-state index contributed by atoms with van der Waals surface area (Å²) in [5.41, 5.74) is 11.5. The fourth-order valence-corrected chi connectivity index (χ4v) is 2.52. The molecule has 2 aromatic carbocycles. The number of nitrogen functional groups attached to an aromatic ring is 1. The number of anilines is 1. The van der Waals surface area contributed by atoms with Crippen LogP contribution in [0.1, 0.15) is 22.3 Å². The molecular formula is C16H17N3. The molecule has 0 bridgehead atoms. The summed E-state index contributed by atoms with van der Waals surface area (Å²) in [7, 11) is 0. The Morgan fingerprint density at radius 2 is 1.95 bits per heavy atom. The van der Waals surface area contributed by atoms with Gasteiger partial charge in [-0.3, -0.25) is 5.41 Å². The third-order valence-corrected chi connectivity index (χ3v) is 3.61. The van der Waals surface area contributed by atoms with Gasteiger partial charge >= 0.3 is 0 Å². The molecule has 0 radical (unpaired) electrons. The molecule has 3 nitrogen and oxygen atoms in total. The topological polar surface area (TPSA) is 61.9 Å². The summed E-state index contributed by atoms with van der Waals surface area (Å²) in [6.07, 6.45) is 1.07. The third kappa shape index (κ3) is 2.25. The average molecular weight is 251 g/mol. The molecule has 0 aromatic heterocycles. The van der Waals surface area contributed by atoms with Crippen LogP contribution in [0.5, 0.6) is 0 Å². The Morgan fingerprint density at radius 1 is 1.11 bits per heavy atom. The molecule has 1 heterocycles. The summed E-state index contributed by atoms with van der Waals surface area (Å²) in [4.78, 5) is 0. The van der Waals surface area contributed by atoms with Gasteiger partial charge in [-0.2, -0.15) is 0 Å². The van der Waals surface area contributed by atoms with E-state index in [1.165, 1.54) is 11.1 Å². The van der Waals surface area contributed by atoms with Gasteiger partial charge in [0.15, 0.2) is 0 Å². The zero-order chi connectivity index (χ0) is 13.2. The molecule has 2 aromatic rings. The first-order valence-electron chi connectivity index (χ1n) is 6.52. The van der Waals surface area contributed by atoms with E-state index in [1.54, 1.807) is 0 Å². The summed E-state index contributed by atoms with van der Waals surface area (Å²) in [5.74, 6) is 0. The number of nitrogens with two attached hydrogens (primary N) is 1. The van der Waals surface area contributed by atoms with Crippen molar-refractivity contribution in [2.75, 3.05) is 12.3 Å². The Labute approximate surface area is 113 Å². The highest BCUT2D eigenvalue weighted by molar-refractivity contribution is 6.13. The van der Waals surface area contributed by atoms with Gasteiger partial charge in [0, 0.05) is 23.4 Å². The van der Waals surface area contributed by atoms with E-state index in [0.29, 0.717) is 11.4 Å². The Balaban J connectivity index is 1.98. The van der Waals surface area contributed by atoms with Crippen molar-refractivity contribution in [3.8, 4) is 0 Å². The Morgan fingerprint density at radius 3 is 2.79 bits per heavy atom. The Kier molecular flexibility index (Phi) is 3.05. The maximum Gasteiger partial charge on any atom is 0.0705 e. The van der Waals surface area contributed by atoms with Gasteiger partial charge in [-0.05, 0) is 36.2 Å². The monoisotopic (exact) mass is 251 g/mol. The van der Waals surface area contributed by atoms with Crippen LogP contribution in [0.2, 0.25) is 0 Å². The summed E-state index contributed by atoms with van der Waals surface area (Å²) < 4.78 is 0. The van der Waals surface area contributed by atoms with Crippen LogP contribution in [0, 0.1) is 5.41 Å². The van der Waals surface area contributed by atoms with E-state index in [1.807, 2.05) is 30.3 Å². The molecule has 19 heavy (non-hydrogen) atoms. The predicted molar refractivity (Wildman–Crippen MR) is 78.6 cm³/mol. The Bertz CT molecular complexity index is 632. The highest BCUT2D eigenvalue weighted by Gasteiger charge is 2.12. The first-order chi connectivity index (χ1) is 9.25. The van der Waals surface area contributed by atoms with Gasteiger partial charge in [-0.1, -0.05) is 30.3 Å². The summed E-state index contributed by atoms with van der Waals surface area (Å²) in [6.45, 7) is 1.93. The molecule has 0 aliphatic carbocycles. The average Bonchev–Trinajstić information content (AvgIpc) is 2.46. The van der Waals surface area contributed by atoms with Gasteiger partial charge in [-0.15, -0.1) is 0 Å². The van der Waals surface area contributed by atoms with Crippen LogP contribution in [0.15, 0.2) is 42.5 Å². The minimum Gasteiger partial charge on any atom is -0.398 e. The first-order valence-corrected chi connectivity index (χ1v) is 6.52. The molecular weight excluding hydrogens is 234 g/mol. The van der Waals surface area contributed by atoms with Crippen LogP contribution in [0.4, 0.5) is 5.69 Å². The van der Waals surface area contributed by atoms with Gasteiger partial charge in [0.2, 0.25) is 0 Å². The number of rotatable bonds is 2. The maximum absolute atomic E-state index is 8.33. The molecule has 0 saturated heterocycles. The lowest BCUT2D eigenvalue weighted by atomic mass is 9.94. The van der Waals surface area contributed by atoms with Gasteiger partial charge < -0.3 is 11.1 Å². The zero-order valence-electron chi connectivity index (χ0n) is 10.7. The van der Waals surface area contributed by atoms with Crippen molar-refractivity contribution < 1.29 is 0 Å². The number of benzene rings is 2. The highest BCUT2D eigenvalue weighted by atomic mass is 14.9. The normalized spacial score (nSPS) is 13.9. The van der Waals surface area contributed by atoms with Crippen molar-refractivity contribution in [2.45, 2.75) is 13.0 Å². The van der Waals surface area contributed by atoms with Crippen LogP contribution < -0.4 is 11.1 Å². The highest BCUT2D eigenvalue weighted by Crippen LogP contribution is 2.20. The molecule has 1 aliphatic heterocycles. The summed E-state index contributed by atoms with van der Waals surface area (Å²) in [5, 5.41) is 11.7. The van der Waals surface area contributed by atoms with Crippen LogP contribution >= 0.6 is 0 Å². The van der Waals surface area contributed by atoms with Crippen molar-refractivity contribution in [3.05, 3.63) is 64.7 Å². The lowest BCUT2D eigenvalue weighted by Crippen LogP contribution is -2.23. The molecule has 96 valence electrons. The van der Waals surface area contributed by atoms with Gasteiger partial charge in [0.1, 0.15) is 0 Å². The second-order valence-corrected chi connectivity index (χ2v) is 4.87. The fourth-order valence-electron chi connectivity index (χ4n) is 2.52. The predicted octanol–water partition coefficient (Wildman–Crippen LogP) is 2.33. The maximum atomic E-state index is 8.33. The van der Waals surface area contributed by atoms with Crippen molar-refractivity contribution in [1.82, 2.24) is 5.32 Å². The molecule has 3 rings (SSSR count). The zero-order valence-corrected chi connectivity index (χ0v) is 10.7. The van der Waals surface area contributed by atoms with E-state index in [0.717, 1.165) is 30.6 Å². The van der Waals surface area contributed by atoms with Gasteiger partial charge in [0.25, 0.3) is 0 Å². The number of hydrogen-bond acceptors (Lipinski definition) is 3. The van der Waals surface area contributed by atoms with Crippen LogP contribution in [-0.4, -0.2) is 12.3 Å². The van der Waals surface area contributed by atoms with E-state index >= 15 is 0 Å². The van der Waals surface area contributed by atoms with Crippen molar-refractivity contribution in [3.63, 3.8) is 0 Å². The molecule has 1 aliphatic rings. The van der Waals surface area contributed by atoms with Crippen molar-refractivity contribution in [2.24, 2.45) is 0 Å². The minimum absolute atomic E-state index is 0.492. The van der Waals surface area contributed by atoms with Crippen LogP contribution in [-0.2, 0) is 13.0 Å². The molecule has 0 saturated carbocycles. The molecule has 3 heteroatoms. The quantitative estimate of drug-likeness (QED) is 0.566. The molecule has 0 spiro atoms. The lowest BCUT2D eigenvalue weighted by molar-refractivity contribution is 0.643. The third-order valence-electron chi connectivity index (χ3n) is 3.61. The second kappa shape index (κ2) is 4.86. The molecule has 0 fully saturated rings. The standard InChI is InChI=1S/C16H17N3/c17-15-4-2-1-3-14(15)16(18)12-6-5-11-7-8-19-10-13(11)9-12/h1-6,9,18-19H,7-8,10,17H2. The van der Waals surface area contributed by atoms with E-state index in [4.69, 9.17) is 11.1 Å². The summed E-state index contributed by atoms with van der Waals surface area (Å²) >= 11 is 0. The number of hydrogen-bond donors (Lipinski definition) is 3. The van der Waals surface area contributed by atoms with Crippen LogP contribution in [0.3, 0.4) is 0 Å². The Hall–Kier alpha value is -2.13. The smallest absolute Gasteiger partial charge is 0.0705 e. The van der Waals surface area contributed by atoms with Crippen molar-refractivity contribution >= 4 is 11.4 Å². The second-order valence-electron chi connectivity index (χ2n) is 4.87. The van der Waals surface area contributed by atoms with E-state index < -0.39 is 0 Å². The van der Waals surface area contributed by atoms with E-state index in [9.17, 15) is 0 Å². The van der Waals surface area contributed by atoms with E-state index in [-0.39, 0.29) is 0 Å². The number of fused-ring (bicyclic) bond motifs is 1. The van der Waals surface area contributed by atoms with Gasteiger partial charge in [-0.25, -0.2) is 0 Å². The molecule has 0 unspecified atom stereocenters. The van der Waals surface area contributed by atoms with Gasteiger partial charge in [0.05, 0.1) is 5.71 Å². The molecule has 0 atom stereocenters. The number of nitrogens with one attached hydrogen (secondary N) is 2. The largest absolute Gasteiger partial charge is 0.398 e. The molecule has 4 N–H and O–H groups in total. The first kappa shape index (κ1) is 11.9. The molecule has 0 amide bonds.